The molecule has 1 fully saturated rings. The van der Waals surface area contributed by atoms with Crippen LogP contribution in [-0.2, 0) is 0 Å². The third-order valence-corrected chi connectivity index (χ3v) is 4.63. The van der Waals surface area contributed by atoms with Crippen molar-refractivity contribution < 1.29 is 4.39 Å². The van der Waals surface area contributed by atoms with Crippen LogP contribution in [-0.4, -0.2) is 60.6 Å². The van der Waals surface area contributed by atoms with Crippen molar-refractivity contribution in [2.45, 2.75) is 38.4 Å². The highest BCUT2D eigenvalue weighted by atomic mass is 19.1. The quantitative estimate of drug-likeness (QED) is 0.899. The van der Waals surface area contributed by atoms with E-state index in [4.69, 9.17) is 0 Å². The van der Waals surface area contributed by atoms with E-state index in [9.17, 15) is 4.39 Å². The molecule has 0 bridgehead atoms. The van der Waals surface area contributed by atoms with Gasteiger partial charge in [0.1, 0.15) is 5.82 Å². The minimum absolute atomic E-state index is 0.177. The van der Waals surface area contributed by atoms with Gasteiger partial charge in [0.2, 0.25) is 0 Å². The molecule has 0 aromatic carbocycles. The van der Waals surface area contributed by atoms with Gasteiger partial charge in [-0.25, -0.2) is 4.39 Å². The number of piperazine rings is 1. The molecule has 0 amide bonds. The number of halogens is 1. The van der Waals surface area contributed by atoms with Crippen LogP contribution in [0.25, 0.3) is 0 Å². The molecule has 1 N–H and O–H groups in total. The summed E-state index contributed by atoms with van der Waals surface area (Å²) in [5.41, 5.74) is 0.911. The third-order valence-electron chi connectivity index (χ3n) is 4.63. The first-order valence-electron chi connectivity index (χ1n) is 7.74. The van der Waals surface area contributed by atoms with E-state index in [2.05, 4.69) is 41.0 Å². The third kappa shape index (κ3) is 4.22. The SMILES string of the molecule is CNC(CCN1CC(C)N(C)C(C)C1)c1ccc(F)cn1. The Kier molecular flexibility index (Phi) is 5.67. The fourth-order valence-electron chi connectivity index (χ4n) is 3.04. The van der Waals surface area contributed by atoms with Gasteiger partial charge in [-0.05, 0) is 46.5 Å². The monoisotopic (exact) mass is 294 g/mol. The van der Waals surface area contributed by atoms with E-state index >= 15 is 0 Å². The van der Waals surface area contributed by atoms with Crippen LogP contribution < -0.4 is 5.32 Å². The summed E-state index contributed by atoms with van der Waals surface area (Å²) in [7, 11) is 4.14. The molecule has 2 heterocycles. The molecular weight excluding hydrogens is 267 g/mol. The van der Waals surface area contributed by atoms with E-state index in [0.717, 1.165) is 31.7 Å². The maximum atomic E-state index is 13.0. The molecule has 1 aromatic rings. The molecule has 0 spiro atoms. The Morgan fingerprint density at radius 1 is 1.33 bits per heavy atom. The summed E-state index contributed by atoms with van der Waals surface area (Å²) in [4.78, 5) is 9.15. The number of hydrogen-bond donors (Lipinski definition) is 1. The Balaban J connectivity index is 1.90. The van der Waals surface area contributed by atoms with Crippen molar-refractivity contribution >= 4 is 0 Å². The average molecular weight is 294 g/mol. The first-order chi connectivity index (χ1) is 10.0. The van der Waals surface area contributed by atoms with Crippen molar-refractivity contribution in [3.63, 3.8) is 0 Å². The molecule has 1 aliphatic heterocycles. The Bertz CT molecular complexity index is 424. The predicted molar refractivity (Wildman–Crippen MR) is 83.7 cm³/mol. The van der Waals surface area contributed by atoms with Crippen molar-refractivity contribution in [1.29, 1.82) is 0 Å². The highest BCUT2D eigenvalue weighted by Gasteiger charge is 2.26. The molecule has 118 valence electrons. The van der Waals surface area contributed by atoms with Crippen molar-refractivity contribution in [2.24, 2.45) is 0 Å². The molecule has 3 unspecified atom stereocenters. The van der Waals surface area contributed by atoms with E-state index in [1.165, 1.54) is 12.3 Å². The average Bonchev–Trinajstić information content (AvgIpc) is 2.47. The Labute approximate surface area is 127 Å². The normalized spacial score (nSPS) is 26.0. The number of pyridine rings is 1. The Hall–Kier alpha value is -1.04. The van der Waals surface area contributed by atoms with Crippen LogP contribution in [0.15, 0.2) is 18.3 Å². The highest BCUT2D eigenvalue weighted by molar-refractivity contribution is 5.09. The Morgan fingerprint density at radius 2 is 2.00 bits per heavy atom. The van der Waals surface area contributed by atoms with Gasteiger partial charge in [0, 0.05) is 31.7 Å². The predicted octanol–water partition coefficient (Wildman–Crippen LogP) is 1.90. The lowest BCUT2D eigenvalue weighted by Crippen LogP contribution is -2.55. The van der Waals surface area contributed by atoms with Gasteiger partial charge in [-0.3, -0.25) is 9.88 Å². The van der Waals surface area contributed by atoms with Crippen molar-refractivity contribution in [3.8, 4) is 0 Å². The van der Waals surface area contributed by atoms with E-state index in [0.29, 0.717) is 12.1 Å². The Morgan fingerprint density at radius 3 is 2.52 bits per heavy atom. The minimum Gasteiger partial charge on any atom is -0.312 e. The van der Waals surface area contributed by atoms with Crippen molar-refractivity contribution in [3.05, 3.63) is 29.8 Å². The smallest absolute Gasteiger partial charge is 0.141 e. The van der Waals surface area contributed by atoms with Crippen molar-refractivity contribution in [1.82, 2.24) is 20.1 Å². The fourth-order valence-corrected chi connectivity index (χ4v) is 3.04. The maximum absolute atomic E-state index is 13.0. The van der Waals surface area contributed by atoms with Gasteiger partial charge in [0.05, 0.1) is 17.9 Å². The molecule has 0 radical (unpaired) electrons. The molecule has 1 aromatic heterocycles. The summed E-state index contributed by atoms with van der Waals surface area (Å²) >= 11 is 0. The number of nitrogens with zero attached hydrogens (tertiary/aromatic N) is 3. The summed E-state index contributed by atoms with van der Waals surface area (Å²) < 4.78 is 13.0. The van der Waals surface area contributed by atoms with Gasteiger partial charge >= 0.3 is 0 Å². The summed E-state index contributed by atoms with van der Waals surface area (Å²) in [6, 6.07) is 4.60. The number of aromatic nitrogens is 1. The van der Waals surface area contributed by atoms with E-state index in [1.54, 1.807) is 6.07 Å². The summed E-state index contributed by atoms with van der Waals surface area (Å²) in [6.07, 6.45) is 2.28. The lowest BCUT2D eigenvalue weighted by Gasteiger charge is -2.42. The zero-order valence-electron chi connectivity index (χ0n) is 13.5. The number of hydrogen-bond acceptors (Lipinski definition) is 4. The first-order valence-corrected chi connectivity index (χ1v) is 7.74. The van der Waals surface area contributed by atoms with Gasteiger partial charge in [-0.15, -0.1) is 0 Å². The first kappa shape index (κ1) is 16.3. The number of likely N-dealkylation sites (N-methyl/N-ethyl adjacent to an activating group) is 1. The summed E-state index contributed by atoms with van der Waals surface area (Å²) in [5.74, 6) is -0.282. The lowest BCUT2D eigenvalue weighted by molar-refractivity contribution is 0.0578. The van der Waals surface area contributed by atoms with Gasteiger partial charge in [-0.2, -0.15) is 0 Å². The fraction of sp³-hybridized carbons (Fsp3) is 0.688. The lowest BCUT2D eigenvalue weighted by atomic mass is 10.1. The number of nitrogens with one attached hydrogen (secondary N) is 1. The van der Waals surface area contributed by atoms with Crippen LogP contribution in [0, 0.1) is 5.82 Å². The van der Waals surface area contributed by atoms with Crippen LogP contribution >= 0.6 is 0 Å². The minimum atomic E-state index is -0.282. The molecule has 0 aliphatic carbocycles. The second-order valence-electron chi connectivity index (χ2n) is 6.15. The second kappa shape index (κ2) is 7.29. The van der Waals surface area contributed by atoms with Gasteiger partial charge < -0.3 is 10.2 Å². The molecule has 21 heavy (non-hydrogen) atoms. The summed E-state index contributed by atoms with van der Waals surface area (Å²) in [5, 5.41) is 3.29. The van der Waals surface area contributed by atoms with Gasteiger partial charge in [0.25, 0.3) is 0 Å². The summed E-state index contributed by atoms with van der Waals surface area (Å²) in [6.45, 7) is 7.80. The molecule has 4 nitrogen and oxygen atoms in total. The van der Waals surface area contributed by atoms with E-state index in [1.807, 2.05) is 7.05 Å². The van der Waals surface area contributed by atoms with Crippen LogP contribution in [0.1, 0.15) is 32.0 Å². The highest BCUT2D eigenvalue weighted by Crippen LogP contribution is 2.18. The zero-order valence-corrected chi connectivity index (χ0v) is 13.5. The van der Waals surface area contributed by atoms with Gasteiger partial charge in [-0.1, -0.05) is 0 Å². The van der Waals surface area contributed by atoms with E-state index < -0.39 is 0 Å². The zero-order chi connectivity index (χ0) is 15.4. The van der Waals surface area contributed by atoms with Crippen LogP contribution in [0.4, 0.5) is 4.39 Å². The van der Waals surface area contributed by atoms with Gasteiger partial charge in [0.15, 0.2) is 0 Å². The standard InChI is InChI=1S/C16H27FN4/c1-12-10-21(11-13(2)20(12)4)8-7-15(18-3)16-6-5-14(17)9-19-16/h5-6,9,12-13,15,18H,7-8,10-11H2,1-4H3. The molecule has 1 saturated heterocycles. The number of rotatable bonds is 5. The van der Waals surface area contributed by atoms with Crippen LogP contribution in [0.2, 0.25) is 0 Å². The topological polar surface area (TPSA) is 31.4 Å². The van der Waals surface area contributed by atoms with Crippen LogP contribution in [0.5, 0.6) is 0 Å². The molecular formula is C16H27FN4. The van der Waals surface area contributed by atoms with Crippen LogP contribution in [0.3, 0.4) is 0 Å². The molecule has 2 rings (SSSR count). The maximum Gasteiger partial charge on any atom is 0.141 e. The largest absolute Gasteiger partial charge is 0.312 e. The molecule has 1 aliphatic rings. The molecule has 5 heteroatoms. The molecule has 3 atom stereocenters. The van der Waals surface area contributed by atoms with E-state index in [-0.39, 0.29) is 11.9 Å². The van der Waals surface area contributed by atoms with Crippen molar-refractivity contribution in [2.75, 3.05) is 33.7 Å². The molecule has 0 saturated carbocycles. The second-order valence-corrected chi connectivity index (χ2v) is 6.15.